The first kappa shape index (κ1) is 12.9. The highest BCUT2D eigenvalue weighted by Crippen LogP contribution is 2.16. The number of rotatable bonds is 3. The lowest BCUT2D eigenvalue weighted by atomic mass is 10.0. The SMILES string of the molecule is O=C(Nc1cccc(-n2cccc2)c1)[C@@H]1CCCCN1. The van der Waals surface area contributed by atoms with E-state index in [2.05, 4.69) is 10.6 Å². The molecule has 1 aromatic carbocycles. The van der Waals surface area contributed by atoms with Crippen molar-refractivity contribution in [2.75, 3.05) is 11.9 Å². The number of anilines is 1. The van der Waals surface area contributed by atoms with Crippen LogP contribution in [0.1, 0.15) is 19.3 Å². The summed E-state index contributed by atoms with van der Waals surface area (Å²) >= 11 is 0. The Morgan fingerprint density at radius 3 is 2.80 bits per heavy atom. The maximum atomic E-state index is 12.2. The van der Waals surface area contributed by atoms with Crippen LogP contribution >= 0.6 is 0 Å². The Balaban J connectivity index is 1.71. The summed E-state index contributed by atoms with van der Waals surface area (Å²) in [6.07, 6.45) is 7.18. The van der Waals surface area contributed by atoms with Crippen LogP contribution in [0.3, 0.4) is 0 Å². The second kappa shape index (κ2) is 5.92. The predicted octanol–water partition coefficient (Wildman–Crippen LogP) is 2.56. The second-order valence-electron chi connectivity index (χ2n) is 5.13. The average Bonchev–Trinajstić information content (AvgIpc) is 3.03. The van der Waals surface area contributed by atoms with Crippen molar-refractivity contribution in [3.63, 3.8) is 0 Å². The Morgan fingerprint density at radius 2 is 2.05 bits per heavy atom. The van der Waals surface area contributed by atoms with Gasteiger partial charge < -0.3 is 15.2 Å². The maximum Gasteiger partial charge on any atom is 0.241 e. The lowest BCUT2D eigenvalue weighted by molar-refractivity contribution is -0.118. The molecule has 0 saturated carbocycles. The number of hydrogen-bond acceptors (Lipinski definition) is 2. The molecule has 20 heavy (non-hydrogen) atoms. The zero-order chi connectivity index (χ0) is 13.8. The van der Waals surface area contributed by atoms with E-state index in [0.717, 1.165) is 37.2 Å². The van der Waals surface area contributed by atoms with Crippen molar-refractivity contribution in [2.45, 2.75) is 25.3 Å². The fourth-order valence-corrected chi connectivity index (χ4v) is 2.56. The van der Waals surface area contributed by atoms with Gasteiger partial charge in [0.1, 0.15) is 0 Å². The molecule has 0 spiro atoms. The molecule has 3 rings (SSSR count). The van der Waals surface area contributed by atoms with E-state index in [-0.39, 0.29) is 11.9 Å². The molecule has 1 amide bonds. The molecule has 2 heterocycles. The van der Waals surface area contributed by atoms with Gasteiger partial charge in [0.25, 0.3) is 0 Å². The van der Waals surface area contributed by atoms with Gasteiger partial charge in [-0.15, -0.1) is 0 Å². The van der Waals surface area contributed by atoms with Gasteiger partial charge in [-0.25, -0.2) is 0 Å². The molecule has 1 aliphatic rings. The van der Waals surface area contributed by atoms with Crippen molar-refractivity contribution in [2.24, 2.45) is 0 Å². The summed E-state index contributed by atoms with van der Waals surface area (Å²) in [4.78, 5) is 12.2. The zero-order valence-corrected chi connectivity index (χ0v) is 11.4. The Hall–Kier alpha value is -2.07. The molecule has 0 radical (unpaired) electrons. The molecule has 1 saturated heterocycles. The van der Waals surface area contributed by atoms with Crippen LogP contribution in [0.2, 0.25) is 0 Å². The lowest BCUT2D eigenvalue weighted by Crippen LogP contribution is -2.43. The normalized spacial score (nSPS) is 18.7. The number of piperidine rings is 1. The lowest BCUT2D eigenvalue weighted by Gasteiger charge is -2.22. The smallest absolute Gasteiger partial charge is 0.241 e. The van der Waals surface area contributed by atoms with Crippen LogP contribution in [0.25, 0.3) is 5.69 Å². The highest BCUT2D eigenvalue weighted by molar-refractivity contribution is 5.95. The number of aromatic nitrogens is 1. The summed E-state index contributed by atoms with van der Waals surface area (Å²) < 4.78 is 2.02. The van der Waals surface area contributed by atoms with Gasteiger partial charge in [-0.3, -0.25) is 4.79 Å². The Kier molecular flexibility index (Phi) is 3.83. The minimum Gasteiger partial charge on any atom is -0.325 e. The Labute approximate surface area is 118 Å². The summed E-state index contributed by atoms with van der Waals surface area (Å²) in [6.45, 7) is 0.932. The van der Waals surface area contributed by atoms with Gasteiger partial charge in [-0.1, -0.05) is 12.5 Å². The Morgan fingerprint density at radius 1 is 1.20 bits per heavy atom. The van der Waals surface area contributed by atoms with Crippen molar-refractivity contribution in [1.29, 1.82) is 0 Å². The van der Waals surface area contributed by atoms with E-state index in [0.29, 0.717) is 0 Å². The molecule has 1 aliphatic heterocycles. The number of carbonyl (C=O) groups excluding carboxylic acids is 1. The van der Waals surface area contributed by atoms with Crippen molar-refractivity contribution >= 4 is 11.6 Å². The topological polar surface area (TPSA) is 46.1 Å². The van der Waals surface area contributed by atoms with Crippen molar-refractivity contribution in [3.05, 3.63) is 48.8 Å². The van der Waals surface area contributed by atoms with E-state index in [9.17, 15) is 4.79 Å². The fraction of sp³-hybridized carbons (Fsp3) is 0.312. The molecule has 104 valence electrons. The summed E-state index contributed by atoms with van der Waals surface area (Å²) in [5.74, 6) is 0.0642. The number of hydrogen-bond donors (Lipinski definition) is 2. The van der Waals surface area contributed by atoms with E-state index >= 15 is 0 Å². The van der Waals surface area contributed by atoms with Crippen molar-refractivity contribution in [1.82, 2.24) is 9.88 Å². The Bertz CT molecular complexity index is 571. The van der Waals surface area contributed by atoms with Gasteiger partial charge in [0.2, 0.25) is 5.91 Å². The molecule has 0 aliphatic carbocycles. The van der Waals surface area contributed by atoms with Crippen LogP contribution in [0.4, 0.5) is 5.69 Å². The van der Waals surface area contributed by atoms with Crippen molar-refractivity contribution in [3.8, 4) is 5.69 Å². The van der Waals surface area contributed by atoms with Crippen LogP contribution in [-0.4, -0.2) is 23.1 Å². The number of nitrogens with one attached hydrogen (secondary N) is 2. The van der Waals surface area contributed by atoms with Gasteiger partial charge >= 0.3 is 0 Å². The molecule has 1 atom stereocenters. The monoisotopic (exact) mass is 269 g/mol. The molecular weight excluding hydrogens is 250 g/mol. The molecule has 4 heteroatoms. The molecule has 0 bridgehead atoms. The van der Waals surface area contributed by atoms with Gasteiger partial charge in [0.15, 0.2) is 0 Å². The molecule has 1 aromatic heterocycles. The summed E-state index contributed by atoms with van der Waals surface area (Å²) in [5.41, 5.74) is 1.89. The highest BCUT2D eigenvalue weighted by Gasteiger charge is 2.20. The number of carbonyl (C=O) groups is 1. The highest BCUT2D eigenvalue weighted by atomic mass is 16.2. The number of benzene rings is 1. The number of amides is 1. The van der Waals surface area contributed by atoms with Crippen LogP contribution in [0, 0.1) is 0 Å². The minimum absolute atomic E-state index is 0.0565. The van der Waals surface area contributed by atoms with Crippen LogP contribution in [-0.2, 0) is 4.79 Å². The largest absolute Gasteiger partial charge is 0.325 e. The van der Waals surface area contributed by atoms with E-state index in [4.69, 9.17) is 0 Å². The van der Waals surface area contributed by atoms with Gasteiger partial charge in [-0.2, -0.15) is 0 Å². The summed E-state index contributed by atoms with van der Waals surface area (Å²) in [6, 6.07) is 11.8. The first-order chi connectivity index (χ1) is 9.83. The van der Waals surface area contributed by atoms with Crippen LogP contribution < -0.4 is 10.6 Å². The summed E-state index contributed by atoms with van der Waals surface area (Å²) in [7, 11) is 0. The maximum absolute atomic E-state index is 12.2. The molecular formula is C16H19N3O. The third-order valence-corrected chi connectivity index (χ3v) is 3.64. The third-order valence-electron chi connectivity index (χ3n) is 3.64. The van der Waals surface area contributed by atoms with Gasteiger partial charge in [0.05, 0.1) is 6.04 Å². The first-order valence-electron chi connectivity index (χ1n) is 7.10. The first-order valence-corrected chi connectivity index (χ1v) is 7.10. The van der Waals surface area contributed by atoms with Crippen LogP contribution in [0.15, 0.2) is 48.8 Å². The third kappa shape index (κ3) is 2.91. The number of nitrogens with zero attached hydrogens (tertiary/aromatic N) is 1. The summed E-state index contributed by atoms with van der Waals surface area (Å²) in [5, 5.41) is 6.26. The molecule has 4 nitrogen and oxygen atoms in total. The zero-order valence-electron chi connectivity index (χ0n) is 11.4. The van der Waals surface area contributed by atoms with Gasteiger partial charge in [0, 0.05) is 23.8 Å². The molecule has 1 fully saturated rings. The second-order valence-corrected chi connectivity index (χ2v) is 5.13. The predicted molar refractivity (Wildman–Crippen MR) is 80.0 cm³/mol. The van der Waals surface area contributed by atoms with E-state index < -0.39 is 0 Å². The quantitative estimate of drug-likeness (QED) is 0.899. The van der Waals surface area contributed by atoms with E-state index in [1.165, 1.54) is 0 Å². The molecule has 0 unspecified atom stereocenters. The van der Waals surface area contributed by atoms with E-state index in [1.807, 2.05) is 53.4 Å². The average molecular weight is 269 g/mol. The fourth-order valence-electron chi connectivity index (χ4n) is 2.56. The molecule has 2 N–H and O–H groups in total. The minimum atomic E-state index is -0.0565. The van der Waals surface area contributed by atoms with Crippen LogP contribution in [0.5, 0.6) is 0 Å². The van der Waals surface area contributed by atoms with E-state index in [1.54, 1.807) is 0 Å². The van der Waals surface area contributed by atoms with Gasteiger partial charge in [-0.05, 0) is 49.7 Å². The molecule has 2 aromatic rings. The standard InChI is InChI=1S/C16H19N3O/c20-16(15-8-1-2-9-17-15)18-13-6-5-7-14(12-13)19-10-3-4-11-19/h3-7,10-12,15,17H,1-2,8-9H2,(H,18,20)/t15-/m0/s1. The van der Waals surface area contributed by atoms with Crippen molar-refractivity contribution < 1.29 is 4.79 Å².